The minimum absolute atomic E-state index is 0.0362. The maximum absolute atomic E-state index is 12.0. The van der Waals surface area contributed by atoms with Gasteiger partial charge in [0.05, 0.1) is 0 Å². The Morgan fingerprint density at radius 2 is 2.00 bits per heavy atom. The van der Waals surface area contributed by atoms with Crippen molar-refractivity contribution in [1.82, 2.24) is 4.90 Å². The van der Waals surface area contributed by atoms with E-state index in [1.54, 1.807) is 0 Å². The standard InChI is InChI=1S/C8H14F3NOS/c1-3-7(14)4-12(6(2)13)5-8(9,10)11/h7,14H,3-5H2,1-2H3. The van der Waals surface area contributed by atoms with Gasteiger partial charge in [0.2, 0.25) is 5.91 Å². The molecule has 0 aromatic rings. The number of carbonyl (C=O) groups is 1. The van der Waals surface area contributed by atoms with Gasteiger partial charge in [-0.3, -0.25) is 4.79 Å². The SMILES string of the molecule is CCC(S)CN(CC(F)(F)F)C(C)=O. The van der Waals surface area contributed by atoms with Crippen LogP contribution in [0.5, 0.6) is 0 Å². The quantitative estimate of drug-likeness (QED) is 0.732. The maximum atomic E-state index is 12.0. The molecule has 0 aromatic heterocycles. The average molecular weight is 229 g/mol. The molecule has 1 amide bonds. The van der Waals surface area contributed by atoms with E-state index in [4.69, 9.17) is 0 Å². The van der Waals surface area contributed by atoms with E-state index in [-0.39, 0.29) is 11.8 Å². The lowest BCUT2D eigenvalue weighted by molar-refractivity contribution is -0.159. The minimum atomic E-state index is -4.34. The van der Waals surface area contributed by atoms with E-state index < -0.39 is 18.6 Å². The maximum Gasteiger partial charge on any atom is 0.406 e. The van der Waals surface area contributed by atoms with Gasteiger partial charge in [-0.2, -0.15) is 25.8 Å². The molecule has 0 heterocycles. The van der Waals surface area contributed by atoms with Gasteiger partial charge in [-0.15, -0.1) is 0 Å². The van der Waals surface area contributed by atoms with E-state index in [2.05, 4.69) is 12.6 Å². The Labute approximate surface area is 86.9 Å². The van der Waals surface area contributed by atoms with Gasteiger partial charge in [-0.25, -0.2) is 0 Å². The summed E-state index contributed by atoms with van der Waals surface area (Å²) >= 11 is 4.05. The van der Waals surface area contributed by atoms with Crippen LogP contribution in [-0.2, 0) is 4.79 Å². The fourth-order valence-corrected chi connectivity index (χ4v) is 1.10. The van der Waals surface area contributed by atoms with Gasteiger partial charge in [-0.05, 0) is 6.42 Å². The van der Waals surface area contributed by atoms with Crippen LogP contribution in [0.25, 0.3) is 0 Å². The topological polar surface area (TPSA) is 20.3 Å². The molecule has 0 aliphatic heterocycles. The van der Waals surface area contributed by atoms with Gasteiger partial charge >= 0.3 is 6.18 Å². The van der Waals surface area contributed by atoms with E-state index >= 15 is 0 Å². The molecule has 14 heavy (non-hydrogen) atoms. The van der Waals surface area contributed by atoms with Gasteiger partial charge in [-0.1, -0.05) is 6.92 Å². The highest BCUT2D eigenvalue weighted by molar-refractivity contribution is 7.81. The first-order valence-corrected chi connectivity index (χ1v) is 4.78. The molecule has 2 nitrogen and oxygen atoms in total. The Morgan fingerprint density at radius 1 is 1.50 bits per heavy atom. The number of hydrogen-bond donors (Lipinski definition) is 1. The molecule has 0 aromatic carbocycles. The fourth-order valence-electron chi connectivity index (χ4n) is 0.904. The van der Waals surface area contributed by atoms with Crippen LogP contribution >= 0.6 is 12.6 Å². The predicted octanol–water partition coefficient (Wildman–Crippen LogP) is 2.11. The molecular formula is C8H14F3NOS. The zero-order chi connectivity index (χ0) is 11.4. The second-order valence-corrected chi connectivity index (χ2v) is 3.81. The molecule has 0 rings (SSSR count). The fraction of sp³-hybridized carbons (Fsp3) is 0.875. The van der Waals surface area contributed by atoms with E-state index in [9.17, 15) is 18.0 Å². The van der Waals surface area contributed by atoms with Crippen molar-refractivity contribution in [2.75, 3.05) is 13.1 Å². The smallest absolute Gasteiger partial charge is 0.333 e. The summed E-state index contributed by atoms with van der Waals surface area (Å²) in [6, 6.07) is 0. The first-order chi connectivity index (χ1) is 6.26. The summed E-state index contributed by atoms with van der Waals surface area (Å²) in [6.45, 7) is 1.78. The molecule has 0 aliphatic carbocycles. The first kappa shape index (κ1) is 13.6. The van der Waals surface area contributed by atoms with E-state index in [0.717, 1.165) is 11.8 Å². The van der Waals surface area contributed by atoms with E-state index in [1.807, 2.05) is 6.92 Å². The summed E-state index contributed by atoms with van der Waals surface area (Å²) < 4.78 is 36.0. The lowest BCUT2D eigenvalue weighted by Crippen LogP contribution is -2.40. The van der Waals surface area contributed by atoms with Crippen molar-refractivity contribution in [1.29, 1.82) is 0 Å². The number of alkyl halides is 3. The summed E-state index contributed by atoms with van der Waals surface area (Å²) in [5.74, 6) is -0.574. The van der Waals surface area contributed by atoms with Crippen molar-refractivity contribution in [2.45, 2.75) is 31.7 Å². The largest absolute Gasteiger partial charge is 0.406 e. The zero-order valence-corrected chi connectivity index (χ0v) is 9.03. The number of amides is 1. The molecule has 0 radical (unpaired) electrons. The lowest BCUT2D eigenvalue weighted by Gasteiger charge is -2.24. The number of nitrogens with zero attached hydrogens (tertiary/aromatic N) is 1. The van der Waals surface area contributed by atoms with Crippen LogP contribution in [0, 0.1) is 0 Å². The van der Waals surface area contributed by atoms with Gasteiger partial charge in [0.1, 0.15) is 6.54 Å². The third-order valence-corrected chi connectivity index (χ3v) is 2.25. The molecule has 1 unspecified atom stereocenters. The normalized spacial score (nSPS) is 13.9. The van der Waals surface area contributed by atoms with Crippen molar-refractivity contribution >= 4 is 18.5 Å². The molecular weight excluding hydrogens is 215 g/mol. The molecule has 0 saturated heterocycles. The summed E-state index contributed by atoms with van der Waals surface area (Å²) in [4.78, 5) is 11.6. The summed E-state index contributed by atoms with van der Waals surface area (Å²) in [7, 11) is 0. The van der Waals surface area contributed by atoms with Crippen molar-refractivity contribution in [2.24, 2.45) is 0 Å². The highest BCUT2D eigenvalue weighted by Gasteiger charge is 2.32. The Bertz CT molecular complexity index is 196. The lowest BCUT2D eigenvalue weighted by atomic mass is 10.3. The highest BCUT2D eigenvalue weighted by Crippen LogP contribution is 2.17. The predicted molar refractivity (Wildman–Crippen MR) is 51.4 cm³/mol. The van der Waals surface area contributed by atoms with Gasteiger partial charge in [0.25, 0.3) is 0 Å². The molecule has 0 spiro atoms. The van der Waals surface area contributed by atoms with Crippen LogP contribution in [0.1, 0.15) is 20.3 Å². The van der Waals surface area contributed by atoms with Crippen molar-refractivity contribution in [3.8, 4) is 0 Å². The molecule has 1 atom stereocenters. The monoisotopic (exact) mass is 229 g/mol. The number of thiol groups is 1. The Kier molecular flexibility index (Phi) is 5.33. The van der Waals surface area contributed by atoms with Crippen LogP contribution in [-0.4, -0.2) is 35.3 Å². The number of rotatable bonds is 4. The number of halogens is 3. The molecule has 0 saturated carbocycles. The third kappa shape index (κ3) is 6.12. The Morgan fingerprint density at radius 3 is 2.29 bits per heavy atom. The average Bonchev–Trinajstić information content (AvgIpc) is 2.00. The van der Waals surface area contributed by atoms with Crippen LogP contribution in [0.15, 0.2) is 0 Å². The Hall–Kier alpha value is -0.390. The van der Waals surface area contributed by atoms with Crippen molar-refractivity contribution < 1.29 is 18.0 Å². The minimum Gasteiger partial charge on any atom is -0.333 e. The van der Waals surface area contributed by atoms with Crippen molar-refractivity contribution in [3.63, 3.8) is 0 Å². The van der Waals surface area contributed by atoms with Crippen LogP contribution in [0.4, 0.5) is 13.2 Å². The summed E-state index contributed by atoms with van der Waals surface area (Å²) in [5, 5.41) is -0.207. The molecule has 0 N–H and O–H groups in total. The Balaban J connectivity index is 4.24. The van der Waals surface area contributed by atoms with Crippen LogP contribution < -0.4 is 0 Å². The molecule has 0 aliphatic rings. The zero-order valence-electron chi connectivity index (χ0n) is 8.14. The van der Waals surface area contributed by atoms with Crippen LogP contribution in [0.2, 0.25) is 0 Å². The van der Waals surface area contributed by atoms with E-state index in [1.165, 1.54) is 0 Å². The summed E-state index contributed by atoms with van der Waals surface area (Å²) in [5.41, 5.74) is 0. The molecule has 6 heteroatoms. The second kappa shape index (κ2) is 5.48. The molecule has 0 fully saturated rings. The summed E-state index contributed by atoms with van der Waals surface area (Å²) in [6.07, 6.45) is -3.71. The molecule has 0 bridgehead atoms. The number of hydrogen-bond acceptors (Lipinski definition) is 2. The third-order valence-electron chi connectivity index (χ3n) is 1.72. The highest BCUT2D eigenvalue weighted by atomic mass is 32.1. The van der Waals surface area contributed by atoms with Crippen LogP contribution in [0.3, 0.4) is 0 Å². The number of carbonyl (C=O) groups excluding carboxylic acids is 1. The second-order valence-electron chi connectivity index (χ2n) is 3.08. The molecule has 84 valence electrons. The van der Waals surface area contributed by atoms with Gasteiger partial charge in [0, 0.05) is 18.7 Å². The van der Waals surface area contributed by atoms with Crippen molar-refractivity contribution in [3.05, 3.63) is 0 Å². The first-order valence-electron chi connectivity index (χ1n) is 4.26. The van der Waals surface area contributed by atoms with Gasteiger partial charge in [0.15, 0.2) is 0 Å². The van der Waals surface area contributed by atoms with Gasteiger partial charge < -0.3 is 4.90 Å². The van der Waals surface area contributed by atoms with E-state index in [0.29, 0.717) is 6.42 Å².